The van der Waals surface area contributed by atoms with Crippen LogP contribution < -0.4 is 5.73 Å². The molecular weight excluding hydrogens is 264 g/mol. The van der Waals surface area contributed by atoms with E-state index in [1.54, 1.807) is 6.20 Å². The van der Waals surface area contributed by atoms with Gasteiger partial charge in [0.05, 0.1) is 5.56 Å². The predicted molar refractivity (Wildman–Crippen MR) is 85.3 cm³/mol. The highest BCUT2D eigenvalue weighted by molar-refractivity contribution is 6.07. The lowest BCUT2D eigenvalue weighted by Gasteiger charge is -2.45. The molecule has 0 bridgehead atoms. The van der Waals surface area contributed by atoms with Crippen LogP contribution in [0.4, 0.5) is 5.69 Å². The lowest BCUT2D eigenvalue weighted by Crippen LogP contribution is -2.58. The van der Waals surface area contributed by atoms with Crippen LogP contribution in [0.1, 0.15) is 24.2 Å². The van der Waals surface area contributed by atoms with E-state index in [9.17, 15) is 4.79 Å². The molecule has 0 spiro atoms. The summed E-state index contributed by atoms with van der Waals surface area (Å²) in [6, 6.07) is 5.61. The summed E-state index contributed by atoms with van der Waals surface area (Å²) in [7, 11) is 2.11. The number of nitrogen functional groups attached to an aromatic ring is 1. The molecule has 5 nitrogen and oxygen atoms in total. The van der Waals surface area contributed by atoms with Crippen molar-refractivity contribution in [3.8, 4) is 0 Å². The fourth-order valence-electron chi connectivity index (χ4n) is 2.90. The molecule has 0 radical (unpaired) electrons. The minimum absolute atomic E-state index is 0.00441. The number of H-pyrrole nitrogens is 1. The van der Waals surface area contributed by atoms with Crippen LogP contribution in [0.25, 0.3) is 10.9 Å². The highest BCUT2D eigenvalue weighted by Gasteiger charge is 2.34. The zero-order chi connectivity index (χ0) is 15.2. The number of anilines is 1. The van der Waals surface area contributed by atoms with Crippen LogP contribution in [0.15, 0.2) is 24.4 Å². The molecule has 5 heteroatoms. The molecule has 2 aromatic rings. The SMILES string of the molecule is CN1CCN(C(=O)c2c[nH]c3cc(N)ccc23)CC1(C)C. The molecule has 1 saturated heterocycles. The first-order chi connectivity index (χ1) is 9.88. The number of rotatable bonds is 1. The normalized spacial score (nSPS) is 19.1. The lowest BCUT2D eigenvalue weighted by molar-refractivity contribution is 0.0313. The van der Waals surface area contributed by atoms with Gasteiger partial charge in [0.2, 0.25) is 0 Å². The van der Waals surface area contributed by atoms with E-state index in [1.807, 2.05) is 23.1 Å². The van der Waals surface area contributed by atoms with E-state index >= 15 is 0 Å². The fraction of sp³-hybridized carbons (Fsp3) is 0.438. The number of nitrogens with zero attached hydrogens (tertiary/aromatic N) is 2. The summed E-state index contributed by atoms with van der Waals surface area (Å²) in [6.07, 6.45) is 1.79. The van der Waals surface area contributed by atoms with Gasteiger partial charge in [0.25, 0.3) is 5.91 Å². The molecule has 1 aliphatic heterocycles. The van der Waals surface area contributed by atoms with Crippen molar-refractivity contribution >= 4 is 22.5 Å². The van der Waals surface area contributed by atoms with Crippen molar-refractivity contribution in [2.24, 2.45) is 0 Å². The molecule has 0 unspecified atom stereocenters. The second-order valence-corrected chi connectivity index (χ2v) is 6.47. The Balaban J connectivity index is 1.91. The van der Waals surface area contributed by atoms with Crippen LogP contribution in [0.2, 0.25) is 0 Å². The van der Waals surface area contributed by atoms with E-state index in [1.165, 1.54) is 0 Å². The maximum atomic E-state index is 12.8. The number of amides is 1. The van der Waals surface area contributed by atoms with Gasteiger partial charge in [-0.15, -0.1) is 0 Å². The van der Waals surface area contributed by atoms with Gasteiger partial charge in [0.1, 0.15) is 0 Å². The fourth-order valence-corrected chi connectivity index (χ4v) is 2.90. The largest absolute Gasteiger partial charge is 0.399 e. The Morgan fingerprint density at radius 1 is 1.33 bits per heavy atom. The van der Waals surface area contributed by atoms with E-state index in [-0.39, 0.29) is 11.4 Å². The zero-order valence-electron chi connectivity index (χ0n) is 12.8. The molecule has 1 aromatic carbocycles. The van der Waals surface area contributed by atoms with Crippen LogP contribution in [-0.2, 0) is 0 Å². The number of aromatic amines is 1. The Labute approximate surface area is 124 Å². The van der Waals surface area contributed by atoms with Gasteiger partial charge in [-0.1, -0.05) is 0 Å². The number of nitrogens with one attached hydrogen (secondary N) is 1. The van der Waals surface area contributed by atoms with Gasteiger partial charge in [-0.05, 0) is 39.1 Å². The number of piperazine rings is 1. The summed E-state index contributed by atoms with van der Waals surface area (Å²) in [6.45, 7) is 6.74. The summed E-state index contributed by atoms with van der Waals surface area (Å²) in [5, 5.41) is 0.936. The van der Waals surface area contributed by atoms with Crippen LogP contribution in [0, 0.1) is 0 Å². The third-order valence-corrected chi connectivity index (χ3v) is 4.54. The molecule has 0 saturated carbocycles. The molecule has 2 heterocycles. The third-order valence-electron chi connectivity index (χ3n) is 4.54. The summed E-state index contributed by atoms with van der Waals surface area (Å²) in [4.78, 5) is 20.2. The van der Waals surface area contributed by atoms with Crippen LogP contribution in [0.5, 0.6) is 0 Å². The Morgan fingerprint density at radius 2 is 2.10 bits per heavy atom. The highest BCUT2D eigenvalue weighted by Crippen LogP contribution is 2.25. The maximum absolute atomic E-state index is 12.8. The summed E-state index contributed by atoms with van der Waals surface area (Å²) >= 11 is 0. The van der Waals surface area contributed by atoms with Crippen molar-refractivity contribution in [2.45, 2.75) is 19.4 Å². The van der Waals surface area contributed by atoms with Gasteiger partial charge in [-0.2, -0.15) is 0 Å². The van der Waals surface area contributed by atoms with Crippen molar-refractivity contribution in [2.75, 3.05) is 32.4 Å². The Morgan fingerprint density at radius 3 is 2.81 bits per heavy atom. The number of fused-ring (bicyclic) bond motifs is 1. The van der Waals surface area contributed by atoms with Crippen molar-refractivity contribution < 1.29 is 4.79 Å². The highest BCUT2D eigenvalue weighted by atomic mass is 16.2. The molecular formula is C16H22N4O. The average Bonchev–Trinajstić information content (AvgIpc) is 2.83. The number of nitrogens with two attached hydrogens (primary N) is 1. The standard InChI is InChI=1S/C16H22N4O/c1-16(2)10-20(7-6-19(16)3)15(21)13-9-18-14-8-11(17)4-5-12(13)14/h4-5,8-9,18H,6-7,10,17H2,1-3H3. The summed E-state index contributed by atoms with van der Waals surface area (Å²) in [5.41, 5.74) is 8.12. The molecule has 0 atom stereocenters. The minimum Gasteiger partial charge on any atom is -0.399 e. The second kappa shape index (κ2) is 4.77. The van der Waals surface area contributed by atoms with Crippen molar-refractivity contribution in [1.82, 2.24) is 14.8 Å². The number of aromatic nitrogens is 1. The van der Waals surface area contributed by atoms with Crippen LogP contribution in [0.3, 0.4) is 0 Å². The lowest BCUT2D eigenvalue weighted by atomic mass is 9.99. The number of carbonyl (C=O) groups excluding carboxylic acids is 1. The maximum Gasteiger partial charge on any atom is 0.256 e. The van der Waals surface area contributed by atoms with Crippen LogP contribution >= 0.6 is 0 Å². The number of hydrogen-bond donors (Lipinski definition) is 2. The van der Waals surface area contributed by atoms with Crippen molar-refractivity contribution in [3.63, 3.8) is 0 Å². The predicted octanol–water partition coefficient (Wildman–Crippen LogP) is 1.92. The third kappa shape index (κ3) is 2.38. The van der Waals surface area contributed by atoms with Gasteiger partial charge in [-0.3, -0.25) is 9.69 Å². The van der Waals surface area contributed by atoms with E-state index in [0.29, 0.717) is 5.69 Å². The quantitative estimate of drug-likeness (QED) is 0.787. The number of likely N-dealkylation sites (N-methyl/N-ethyl adjacent to an activating group) is 1. The molecule has 1 fully saturated rings. The van der Waals surface area contributed by atoms with Gasteiger partial charge < -0.3 is 15.6 Å². The van der Waals surface area contributed by atoms with E-state index < -0.39 is 0 Å². The smallest absolute Gasteiger partial charge is 0.256 e. The van der Waals surface area contributed by atoms with Gasteiger partial charge in [0.15, 0.2) is 0 Å². The number of benzene rings is 1. The molecule has 0 aliphatic carbocycles. The van der Waals surface area contributed by atoms with Crippen molar-refractivity contribution in [1.29, 1.82) is 0 Å². The van der Waals surface area contributed by atoms with Gasteiger partial charge in [0, 0.05) is 48.0 Å². The first kappa shape index (κ1) is 13.9. The number of hydrogen-bond acceptors (Lipinski definition) is 3. The Bertz CT molecular complexity index is 689. The zero-order valence-corrected chi connectivity index (χ0v) is 12.8. The average molecular weight is 286 g/mol. The molecule has 3 N–H and O–H groups in total. The van der Waals surface area contributed by atoms with E-state index in [2.05, 4.69) is 30.8 Å². The first-order valence-corrected chi connectivity index (χ1v) is 7.25. The Hall–Kier alpha value is -2.01. The topological polar surface area (TPSA) is 65.4 Å². The Kier molecular flexibility index (Phi) is 3.17. The van der Waals surface area contributed by atoms with E-state index in [0.717, 1.165) is 36.1 Å². The van der Waals surface area contributed by atoms with Gasteiger partial charge in [-0.25, -0.2) is 0 Å². The molecule has 3 rings (SSSR count). The first-order valence-electron chi connectivity index (χ1n) is 7.25. The van der Waals surface area contributed by atoms with Crippen LogP contribution in [-0.4, -0.2) is 52.9 Å². The monoisotopic (exact) mass is 286 g/mol. The molecule has 1 aromatic heterocycles. The van der Waals surface area contributed by atoms with Gasteiger partial charge >= 0.3 is 0 Å². The number of carbonyl (C=O) groups is 1. The molecule has 1 amide bonds. The second-order valence-electron chi connectivity index (χ2n) is 6.47. The molecule has 21 heavy (non-hydrogen) atoms. The minimum atomic E-state index is 0.00441. The van der Waals surface area contributed by atoms with Crippen molar-refractivity contribution in [3.05, 3.63) is 30.0 Å². The molecule has 1 aliphatic rings. The summed E-state index contributed by atoms with van der Waals surface area (Å²) in [5.74, 6) is 0.0900. The van der Waals surface area contributed by atoms with E-state index in [4.69, 9.17) is 5.73 Å². The summed E-state index contributed by atoms with van der Waals surface area (Å²) < 4.78 is 0. The molecule has 112 valence electrons.